The van der Waals surface area contributed by atoms with Gasteiger partial charge in [0, 0.05) is 16.3 Å². The van der Waals surface area contributed by atoms with Crippen molar-refractivity contribution in [1.82, 2.24) is 4.98 Å². The minimum Gasteiger partial charge on any atom is -0.406 e. The van der Waals surface area contributed by atoms with Gasteiger partial charge in [-0.25, -0.2) is 8.42 Å². The highest BCUT2D eigenvalue weighted by atomic mass is 32.2. The number of ether oxygens (including phenoxy) is 1. The Morgan fingerprint density at radius 3 is 2.39 bits per heavy atom. The molecule has 0 spiro atoms. The first-order valence-corrected chi connectivity index (χ1v) is 13.1. The van der Waals surface area contributed by atoms with Crippen LogP contribution in [-0.2, 0) is 16.6 Å². The van der Waals surface area contributed by atoms with E-state index in [-0.39, 0.29) is 17.2 Å². The fourth-order valence-corrected chi connectivity index (χ4v) is 7.13. The molecular weight excluding hydrogens is 509 g/mol. The Balaban J connectivity index is 1.63. The third-order valence-electron chi connectivity index (χ3n) is 5.69. The largest absolute Gasteiger partial charge is 0.573 e. The van der Waals surface area contributed by atoms with Gasteiger partial charge in [-0.05, 0) is 53.8 Å². The number of pyridine rings is 1. The van der Waals surface area contributed by atoms with Crippen LogP contribution < -0.4 is 9.04 Å². The van der Waals surface area contributed by atoms with E-state index in [1.54, 1.807) is 24.3 Å². The van der Waals surface area contributed by atoms with Gasteiger partial charge >= 0.3 is 6.36 Å². The number of fused-ring (bicyclic) bond motifs is 2. The molecule has 184 valence electrons. The number of halogens is 3. The van der Waals surface area contributed by atoms with Crippen molar-refractivity contribution in [3.05, 3.63) is 96.2 Å². The van der Waals surface area contributed by atoms with Gasteiger partial charge in [-0.1, -0.05) is 48.5 Å². The third-order valence-corrected chi connectivity index (χ3v) is 8.88. The van der Waals surface area contributed by atoms with Crippen molar-refractivity contribution in [1.29, 1.82) is 0 Å². The molecule has 0 radical (unpaired) electrons. The smallest absolute Gasteiger partial charge is 0.406 e. The number of rotatable bonds is 6. The molecule has 0 unspecified atom stereocenters. The number of hydrogen-bond donors (Lipinski definition) is 0. The fourth-order valence-electron chi connectivity index (χ4n) is 4.03. The summed E-state index contributed by atoms with van der Waals surface area (Å²) in [5.41, 5.74) is 1.64. The number of benzene rings is 3. The maximum atomic E-state index is 14.2. The van der Waals surface area contributed by atoms with Crippen LogP contribution in [0.2, 0.25) is 0 Å². The lowest BCUT2D eigenvalue weighted by Gasteiger charge is -2.25. The van der Waals surface area contributed by atoms with E-state index >= 15 is 0 Å². The lowest BCUT2D eigenvalue weighted by Crippen LogP contribution is -2.30. The van der Waals surface area contributed by atoms with E-state index in [0.717, 1.165) is 15.6 Å². The van der Waals surface area contributed by atoms with E-state index in [1.165, 1.54) is 52.2 Å². The molecule has 10 heteroatoms. The summed E-state index contributed by atoms with van der Waals surface area (Å²) < 4.78 is 72.2. The first-order chi connectivity index (χ1) is 17.1. The van der Waals surface area contributed by atoms with Crippen LogP contribution >= 0.6 is 11.3 Å². The number of para-hydroxylation sites is 1. The molecule has 5 rings (SSSR count). The second-order valence-electron chi connectivity index (χ2n) is 8.06. The fraction of sp³-hybridized carbons (Fsp3) is 0.115. The first-order valence-electron chi connectivity index (χ1n) is 10.8. The zero-order chi connectivity index (χ0) is 25.5. The Labute approximate surface area is 209 Å². The van der Waals surface area contributed by atoms with Crippen LogP contribution in [0, 0.1) is 6.92 Å². The molecule has 2 aromatic heterocycles. The van der Waals surface area contributed by atoms with E-state index < -0.39 is 16.4 Å². The quantitative estimate of drug-likeness (QED) is 0.237. The molecule has 0 aliphatic rings. The Bertz CT molecular complexity index is 1660. The average molecular weight is 529 g/mol. The Hall–Kier alpha value is -3.63. The summed E-state index contributed by atoms with van der Waals surface area (Å²) in [7, 11) is -4.12. The molecule has 0 bridgehead atoms. The summed E-state index contributed by atoms with van der Waals surface area (Å²) in [4.78, 5) is 4.37. The monoisotopic (exact) mass is 528 g/mol. The maximum Gasteiger partial charge on any atom is 0.573 e. The van der Waals surface area contributed by atoms with Crippen LogP contribution in [0.15, 0.2) is 90.0 Å². The van der Waals surface area contributed by atoms with Gasteiger partial charge in [0.15, 0.2) is 0 Å². The summed E-state index contributed by atoms with van der Waals surface area (Å²) in [6, 6.07) is 21.3. The highest BCUT2D eigenvalue weighted by molar-refractivity contribution is 7.93. The summed E-state index contributed by atoms with van der Waals surface area (Å²) in [6.07, 6.45) is -3.28. The van der Waals surface area contributed by atoms with Crippen LogP contribution in [0.3, 0.4) is 0 Å². The molecule has 0 amide bonds. The molecular formula is C26H19F3N2O3S2. The number of nitrogens with zero attached hydrogens (tertiary/aromatic N) is 2. The van der Waals surface area contributed by atoms with Crippen molar-refractivity contribution >= 4 is 47.4 Å². The molecule has 0 saturated carbocycles. The summed E-state index contributed by atoms with van der Waals surface area (Å²) in [5.74, 6) is -0.378. The van der Waals surface area contributed by atoms with Crippen molar-refractivity contribution in [3.63, 3.8) is 0 Å². The van der Waals surface area contributed by atoms with Gasteiger partial charge in [0.25, 0.3) is 10.0 Å². The molecule has 0 fully saturated rings. The van der Waals surface area contributed by atoms with Gasteiger partial charge in [-0.2, -0.15) is 0 Å². The van der Waals surface area contributed by atoms with E-state index in [0.29, 0.717) is 21.5 Å². The number of aryl methyl sites for hydroxylation is 1. The van der Waals surface area contributed by atoms with Crippen LogP contribution in [0.4, 0.5) is 18.2 Å². The van der Waals surface area contributed by atoms with Gasteiger partial charge in [-0.3, -0.25) is 9.29 Å². The predicted molar refractivity (Wildman–Crippen MR) is 135 cm³/mol. The Morgan fingerprint density at radius 1 is 0.944 bits per heavy atom. The third kappa shape index (κ3) is 4.61. The van der Waals surface area contributed by atoms with Crippen LogP contribution in [0.5, 0.6) is 5.75 Å². The number of anilines is 1. The van der Waals surface area contributed by atoms with Crippen LogP contribution in [0.25, 0.3) is 21.0 Å². The van der Waals surface area contributed by atoms with E-state index in [9.17, 15) is 21.6 Å². The van der Waals surface area contributed by atoms with Crippen molar-refractivity contribution in [2.75, 3.05) is 4.31 Å². The number of alkyl halides is 3. The predicted octanol–water partition coefficient (Wildman–Crippen LogP) is 7.05. The maximum absolute atomic E-state index is 14.2. The molecule has 36 heavy (non-hydrogen) atoms. The van der Waals surface area contributed by atoms with Crippen molar-refractivity contribution in [3.8, 4) is 5.75 Å². The molecule has 2 heterocycles. The molecule has 5 nitrogen and oxygen atoms in total. The summed E-state index contributed by atoms with van der Waals surface area (Å²) in [6.45, 7) is 1.77. The van der Waals surface area contributed by atoms with Crippen LogP contribution in [-0.4, -0.2) is 19.8 Å². The van der Waals surface area contributed by atoms with E-state index in [2.05, 4.69) is 9.72 Å². The van der Waals surface area contributed by atoms with Gasteiger partial charge in [0.05, 0.1) is 12.1 Å². The highest BCUT2D eigenvalue weighted by Gasteiger charge is 2.32. The molecule has 5 aromatic rings. The standard InChI is InChI=1S/C26H19F3N2O3S2/c1-17-21-8-2-3-9-22(21)35-25(17)31(16-18-11-13-20(14-12-18)34-26(27,28)29)36(32,33)23-10-4-6-19-7-5-15-30-24(19)23/h2-15H,16H2,1H3. The zero-order valence-electron chi connectivity index (χ0n) is 18.9. The molecule has 0 aliphatic carbocycles. The average Bonchev–Trinajstić information content (AvgIpc) is 3.18. The minimum absolute atomic E-state index is 0.0504. The van der Waals surface area contributed by atoms with Crippen molar-refractivity contribution in [2.24, 2.45) is 0 Å². The second kappa shape index (κ2) is 9.11. The molecule has 0 aliphatic heterocycles. The first kappa shape index (κ1) is 24.1. The lowest BCUT2D eigenvalue weighted by molar-refractivity contribution is -0.274. The van der Waals surface area contributed by atoms with Gasteiger partial charge < -0.3 is 4.74 Å². The van der Waals surface area contributed by atoms with Crippen molar-refractivity contribution < 1.29 is 26.3 Å². The van der Waals surface area contributed by atoms with Gasteiger partial charge in [-0.15, -0.1) is 24.5 Å². The SMILES string of the molecule is Cc1c(N(Cc2ccc(OC(F)(F)F)cc2)S(=O)(=O)c2cccc3cccnc23)sc2ccccc12. The molecule has 0 N–H and O–H groups in total. The van der Waals surface area contributed by atoms with Gasteiger partial charge in [0.2, 0.25) is 0 Å². The molecule has 0 saturated heterocycles. The molecule has 0 atom stereocenters. The van der Waals surface area contributed by atoms with E-state index in [4.69, 9.17) is 0 Å². The number of aromatic nitrogens is 1. The molecule has 3 aromatic carbocycles. The van der Waals surface area contributed by atoms with Gasteiger partial charge in [0.1, 0.15) is 15.6 Å². The number of thiophene rings is 1. The Morgan fingerprint density at radius 2 is 1.67 bits per heavy atom. The summed E-state index contributed by atoms with van der Waals surface area (Å²) in [5, 5.41) is 2.14. The van der Waals surface area contributed by atoms with Crippen LogP contribution in [0.1, 0.15) is 11.1 Å². The second-order valence-corrected chi connectivity index (χ2v) is 10.9. The minimum atomic E-state index is -4.81. The Kier molecular flexibility index (Phi) is 6.09. The lowest BCUT2D eigenvalue weighted by atomic mass is 10.2. The van der Waals surface area contributed by atoms with Crippen molar-refractivity contribution in [2.45, 2.75) is 24.7 Å². The van der Waals surface area contributed by atoms with E-state index in [1.807, 2.05) is 31.2 Å². The normalized spacial score (nSPS) is 12.2. The topological polar surface area (TPSA) is 59.5 Å². The number of sulfonamides is 1. The summed E-state index contributed by atoms with van der Waals surface area (Å²) >= 11 is 1.34. The number of hydrogen-bond acceptors (Lipinski definition) is 5. The highest BCUT2D eigenvalue weighted by Crippen LogP contribution is 2.41. The zero-order valence-corrected chi connectivity index (χ0v) is 20.5.